The highest BCUT2D eigenvalue weighted by Gasteiger charge is 2.33. The van der Waals surface area contributed by atoms with Crippen molar-refractivity contribution < 1.29 is 13.2 Å². The minimum atomic E-state index is -2.11. The van der Waals surface area contributed by atoms with Crippen molar-refractivity contribution in [2.75, 3.05) is 0 Å². The van der Waals surface area contributed by atoms with Gasteiger partial charge in [-0.25, -0.2) is 0 Å². The van der Waals surface area contributed by atoms with Crippen molar-refractivity contribution in [3.05, 3.63) is 40.9 Å². The Kier molecular flexibility index (Phi) is 6.01. The van der Waals surface area contributed by atoms with Crippen LogP contribution in [0.2, 0.25) is 23.2 Å². The Morgan fingerprint density at radius 1 is 1.05 bits per heavy atom. The summed E-state index contributed by atoms with van der Waals surface area (Å²) in [6.45, 7) is 6.03. The van der Waals surface area contributed by atoms with E-state index in [-0.39, 0.29) is 5.76 Å². The van der Waals surface area contributed by atoms with Gasteiger partial charge in [0.15, 0.2) is 5.76 Å². The maximum Gasteiger partial charge on any atom is 0.311 e. The Morgan fingerprint density at radius 2 is 1.53 bits per heavy atom. The fourth-order valence-electron chi connectivity index (χ4n) is 1.99. The van der Waals surface area contributed by atoms with Gasteiger partial charge in [0.05, 0.1) is 0 Å². The molecule has 1 rings (SSSR count). The van der Waals surface area contributed by atoms with Crippen molar-refractivity contribution >= 4 is 25.7 Å². The van der Waals surface area contributed by atoms with Crippen LogP contribution >= 0.6 is 11.6 Å². The van der Waals surface area contributed by atoms with Gasteiger partial charge in [0.1, 0.15) is 0 Å². The molecular formula is C14H19ClF2OSi. The molecule has 0 fully saturated rings. The van der Waals surface area contributed by atoms with Gasteiger partial charge in [-0.2, -0.15) is 8.78 Å². The number of hydrogen-bond acceptors (Lipinski definition) is 1. The van der Waals surface area contributed by atoms with E-state index in [0.717, 1.165) is 18.1 Å². The molecule has 0 aliphatic heterocycles. The average Bonchev–Trinajstić information content (AvgIpc) is 2.42. The Hall–Kier alpha value is -0.873. The largest absolute Gasteiger partial charge is 0.540 e. The van der Waals surface area contributed by atoms with Crippen LogP contribution < -0.4 is 0 Å². The number of rotatable bonds is 6. The lowest BCUT2D eigenvalue weighted by Gasteiger charge is -2.30. The van der Waals surface area contributed by atoms with Gasteiger partial charge in [0.2, 0.25) is 0 Å². The van der Waals surface area contributed by atoms with E-state index in [1.807, 2.05) is 20.8 Å². The Morgan fingerprint density at radius 3 is 1.89 bits per heavy atom. The topological polar surface area (TPSA) is 9.23 Å². The maximum atomic E-state index is 13.2. The van der Waals surface area contributed by atoms with E-state index >= 15 is 0 Å². The van der Waals surface area contributed by atoms with E-state index < -0.39 is 14.4 Å². The molecule has 0 saturated carbocycles. The van der Waals surface area contributed by atoms with E-state index in [0.29, 0.717) is 10.6 Å². The van der Waals surface area contributed by atoms with Crippen molar-refractivity contribution in [2.45, 2.75) is 38.9 Å². The van der Waals surface area contributed by atoms with Gasteiger partial charge in [0.25, 0.3) is 8.32 Å². The summed E-state index contributed by atoms with van der Waals surface area (Å²) in [5.74, 6) is -0.283. The molecule has 0 spiro atoms. The summed E-state index contributed by atoms with van der Waals surface area (Å²) >= 11 is 5.78. The predicted molar refractivity (Wildman–Crippen MR) is 78.9 cm³/mol. The van der Waals surface area contributed by atoms with E-state index in [1.165, 1.54) is 0 Å². The van der Waals surface area contributed by atoms with Gasteiger partial charge < -0.3 is 4.43 Å². The first-order chi connectivity index (χ1) is 8.98. The van der Waals surface area contributed by atoms with Crippen LogP contribution in [0.4, 0.5) is 8.78 Å². The highest BCUT2D eigenvalue weighted by atomic mass is 35.5. The minimum absolute atomic E-state index is 0.283. The molecule has 0 amide bonds. The molecule has 5 heteroatoms. The van der Waals surface area contributed by atoms with E-state index in [9.17, 15) is 8.78 Å². The first kappa shape index (κ1) is 16.2. The summed E-state index contributed by atoms with van der Waals surface area (Å²) < 4.78 is 32.1. The van der Waals surface area contributed by atoms with Crippen LogP contribution in [0.25, 0.3) is 5.76 Å². The lowest BCUT2D eigenvalue weighted by molar-refractivity contribution is 0.379. The molecule has 1 nitrogen and oxygen atoms in total. The van der Waals surface area contributed by atoms with Crippen LogP contribution in [0.3, 0.4) is 0 Å². The molecule has 1 aromatic carbocycles. The van der Waals surface area contributed by atoms with Gasteiger partial charge in [-0.3, -0.25) is 0 Å². The first-order valence-corrected chi connectivity index (χ1v) is 9.39. The average molecular weight is 305 g/mol. The van der Waals surface area contributed by atoms with Gasteiger partial charge in [-0.1, -0.05) is 32.4 Å². The van der Waals surface area contributed by atoms with Gasteiger partial charge >= 0.3 is 6.08 Å². The van der Waals surface area contributed by atoms with Crippen LogP contribution in [0.5, 0.6) is 0 Å². The van der Waals surface area contributed by atoms with Crippen molar-refractivity contribution in [3.63, 3.8) is 0 Å². The van der Waals surface area contributed by atoms with E-state index in [4.69, 9.17) is 16.0 Å². The second-order valence-corrected chi connectivity index (χ2v) is 9.57. The van der Waals surface area contributed by atoms with Crippen LogP contribution in [-0.2, 0) is 4.43 Å². The van der Waals surface area contributed by atoms with Crippen LogP contribution in [0, 0.1) is 0 Å². The zero-order valence-corrected chi connectivity index (χ0v) is 13.2. The smallest absolute Gasteiger partial charge is 0.311 e. The molecule has 0 aliphatic rings. The SMILES string of the molecule is CC[Si](CC)(CC)OC(=C(F)F)c1ccc(Cl)cc1. The van der Waals surface area contributed by atoms with Crippen molar-refractivity contribution in [1.29, 1.82) is 0 Å². The number of hydrogen-bond donors (Lipinski definition) is 0. The third-order valence-corrected chi connectivity index (χ3v) is 8.28. The second kappa shape index (κ2) is 7.06. The molecule has 0 aromatic heterocycles. The summed E-state index contributed by atoms with van der Waals surface area (Å²) in [5.41, 5.74) is 0.386. The van der Waals surface area contributed by atoms with Crippen LogP contribution in [-0.4, -0.2) is 8.32 Å². The van der Waals surface area contributed by atoms with E-state index in [1.54, 1.807) is 24.3 Å². The van der Waals surface area contributed by atoms with Gasteiger partial charge in [-0.05, 0) is 42.4 Å². The van der Waals surface area contributed by atoms with Gasteiger partial charge in [-0.15, -0.1) is 0 Å². The molecule has 0 atom stereocenters. The van der Waals surface area contributed by atoms with E-state index in [2.05, 4.69) is 0 Å². The standard InChI is InChI=1S/C14H19ClF2OSi/c1-4-19(5-2,6-3)18-13(14(16)17)11-7-9-12(15)10-8-11/h7-10H,4-6H2,1-3H3. The summed E-state index contributed by atoms with van der Waals surface area (Å²) in [7, 11) is -2.11. The monoisotopic (exact) mass is 304 g/mol. The summed E-state index contributed by atoms with van der Waals surface area (Å²) in [6.07, 6.45) is -1.77. The highest BCUT2D eigenvalue weighted by molar-refractivity contribution is 6.74. The summed E-state index contributed by atoms with van der Waals surface area (Å²) in [5, 5.41) is 0.521. The minimum Gasteiger partial charge on any atom is -0.540 e. The van der Waals surface area contributed by atoms with Crippen LogP contribution in [0.15, 0.2) is 30.3 Å². The molecular weight excluding hydrogens is 286 g/mol. The Bertz CT molecular complexity index is 429. The van der Waals surface area contributed by atoms with Crippen LogP contribution in [0.1, 0.15) is 26.3 Å². The van der Waals surface area contributed by atoms with Gasteiger partial charge in [0, 0.05) is 10.6 Å². The Labute approximate surface area is 119 Å². The second-order valence-electron chi connectivity index (χ2n) is 4.44. The Balaban J connectivity index is 3.10. The maximum absolute atomic E-state index is 13.2. The lowest BCUT2D eigenvalue weighted by atomic mass is 10.2. The molecule has 0 unspecified atom stereocenters. The molecule has 0 aliphatic carbocycles. The predicted octanol–water partition coefficient (Wildman–Crippen LogP) is 5.93. The normalized spacial score (nSPS) is 11.3. The number of halogens is 3. The van der Waals surface area contributed by atoms with Crippen molar-refractivity contribution in [1.82, 2.24) is 0 Å². The lowest BCUT2D eigenvalue weighted by Crippen LogP contribution is -2.35. The molecule has 0 saturated heterocycles. The molecule has 19 heavy (non-hydrogen) atoms. The molecule has 0 bridgehead atoms. The fourth-order valence-corrected chi connectivity index (χ4v) is 4.68. The quantitative estimate of drug-likeness (QED) is 0.468. The zero-order chi connectivity index (χ0) is 14.5. The third kappa shape index (κ3) is 4.04. The first-order valence-electron chi connectivity index (χ1n) is 6.48. The summed E-state index contributed by atoms with van der Waals surface area (Å²) in [6, 6.07) is 8.79. The molecule has 1 aromatic rings. The highest BCUT2D eigenvalue weighted by Crippen LogP contribution is 2.32. The summed E-state index contributed by atoms with van der Waals surface area (Å²) in [4.78, 5) is 0. The number of benzene rings is 1. The molecule has 0 radical (unpaired) electrons. The van der Waals surface area contributed by atoms with Crippen molar-refractivity contribution in [3.8, 4) is 0 Å². The molecule has 106 valence electrons. The molecule has 0 N–H and O–H groups in total. The third-order valence-electron chi connectivity index (χ3n) is 3.53. The zero-order valence-electron chi connectivity index (χ0n) is 11.5. The molecule has 0 heterocycles. The fraction of sp³-hybridized carbons (Fsp3) is 0.429. The van der Waals surface area contributed by atoms with Crippen molar-refractivity contribution in [2.24, 2.45) is 0 Å².